The van der Waals surface area contributed by atoms with Gasteiger partial charge >= 0.3 is 0 Å². The van der Waals surface area contributed by atoms with Crippen LogP contribution in [0.5, 0.6) is 11.5 Å². The minimum Gasteiger partial charge on any atom is -0.497 e. The van der Waals surface area contributed by atoms with Crippen molar-refractivity contribution in [2.24, 2.45) is 0 Å². The number of nitrogens with one attached hydrogen (secondary N) is 1. The maximum atomic E-state index is 12.6. The summed E-state index contributed by atoms with van der Waals surface area (Å²) in [6.07, 6.45) is 0.908. The fourth-order valence-electron chi connectivity index (χ4n) is 2.76. The molecule has 0 spiro atoms. The van der Waals surface area contributed by atoms with E-state index in [0.717, 1.165) is 22.2 Å². The monoisotopic (exact) mass is 437 g/mol. The summed E-state index contributed by atoms with van der Waals surface area (Å²) in [5.74, 6) is 0.164. The summed E-state index contributed by atoms with van der Waals surface area (Å²) in [6.45, 7) is 1.18. The van der Waals surface area contributed by atoms with E-state index in [1.165, 1.54) is 19.2 Å². The summed E-state index contributed by atoms with van der Waals surface area (Å²) in [4.78, 5) is 23.0. The van der Waals surface area contributed by atoms with Crippen LogP contribution in [0.3, 0.4) is 0 Å². The second-order valence-corrected chi connectivity index (χ2v) is 8.35. The number of nitrogens with zero attached hydrogens (tertiary/aromatic N) is 2. The van der Waals surface area contributed by atoms with Gasteiger partial charge in [-0.05, 0) is 30.7 Å². The van der Waals surface area contributed by atoms with Crippen molar-refractivity contribution in [1.82, 2.24) is 5.32 Å². The van der Waals surface area contributed by atoms with Crippen molar-refractivity contribution in [1.29, 1.82) is 0 Å². The quantitative estimate of drug-likeness (QED) is 0.471. The Bertz CT molecular complexity index is 1020. The van der Waals surface area contributed by atoms with Gasteiger partial charge < -0.3 is 14.8 Å². The molecule has 0 aliphatic heterocycles. The summed E-state index contributed by atoms with van der Waals surface area (Å²) in [6, 6.07) is 10.2. The Morgan fingerprint density at radius 1 is 1.17 bits per heavy atom. The first-order valence-corrected chi connectivity index (χ1v) is 10.6. The molecule has 2 aromatic rings. The van der Waals surface area contributed by atoms with Crippen LogP contribution in [0, 0.1) is 10.1 Å². The molecule has 0 aliphatic carbocycles. The number of sulfonamides is 1. The van der Waals surface area contributed by atoms with Crippen molar-refractivity contribution in [3.05, 3.63) is 58.1 Å². The summed E-state index contributed by atoms with van der Waals surface area (Å²) in [7, 11) is -1.10. The molecule has 30 heavy (non-hydrogen) atoms. The van der Waals surface area contributed by atoms with Gasteiger partial charge in [0.25, 0.3) is 5.69 Å². The molecule has 2 aromatic carbocycles. The Balaban J connectivity index is 2.28. The second kappa shape index (κ2) is 9.44. The van der Waals surface area contributed by atoms with Gasteiger partial charge in [-0.15, -0.1) is 0 Å². The number of anilines is 1. The molecule has 1 amide bonds. The minimum absolute atomic E-state index is 0.0852. The van der Waals surface area contributed by atoms with E-state index < -0.39 is 33.4 Å². The zero-order chi connectivity index (χ0) is 22.5. The van der Waals surface area contributed by atoms with Gasteiger partial charge in [0.2, 0.25) is 15.9 Å². The summed E-state index contributed by atoms with van der Waals surface area (Å²) >= 11 is 0. The maximum Gasteiger partial charge on any atom is 0.271 e. The summed E-state index contributed by atoms with van der Waals surface area (Å²) < 4.78 is 35.7. The molecule has 11 heteroatoms. The molecule has 0 aliphatic rings. The molecule has 0 saturated heterocycles. The van der Waals surface area contributed by atoms with Gasteiger partial charge in [0, 0.05) is 12.1 Å². The topological polar surface area (TPSA) is 128 Å². The lowest BCUT2D eigenvalue weighted by Crippen LogP contribution is -2.41. The smallest absolute Gasteiger partial charge is 0.271 e. The largest absolute Gasteiger partial charge is 0.497 e. The second-order valence-electron chi connectivity index (χ2n) is 6.45. The number of hydrogen-bond donors (Lipinski definition) is 1. The predicted molar refractivity (Wildman–Crippen MR) is 111 cm³/mol. The number of amides is 1. The van der Waals surface area contributed by atoms with Crippen LogP contribution in [0.1, 0.15) is 18.5 Å². The van der Waals surface area contributed by atoms with Gasteiger partial charge in [-0.1, -0.05) is 12.1 Å². The highest BCUT2D eigenvalue weighted by Gasteiger charge is 2.26. The number of ether oxygens (including phenoxy) is 2. The van der Waals surface area contributed by atoms with Crippen molar-refractivity contribution >= 4 is 27.3 Å². The van der Waals surface area contributed by atoms with Crippen molar-refractivity contribution in [3.8, 4) is 11.5 Å². The molecule has 0 bridgehead atoms. The van der Waals surface area contributed by atoms with E-state index in [2.05, 4.69) is 5.32 Å². The Morgan fingerprint density at radius 2 is 1.80 bits per heavy atom. The normalized spacial score (nSPS) is 12.0. The predicted octanol–water partition coefficient (Wildman–Crippen LogP) is 2.26. The molecule has 1 atom stereocenters. The fraction of sp³-hybridized carbons (Fsp3) is 0.316. The number of carbonyl (C=O) groups excluding carboxylic acids is 1. The van der Waals surface area contributed by atoms with Gasteiger partial charge in [-0.2, -0.15) is 0 Å². The fourth-order valence-corrected chi connectivity index (χ4v) is 3.61. The van der Waals surface area contributed by atoms with E-state index in [4.69, 9.17) is 9.47 Å². The Hall–Kier alpha value is -3.34. The van der Waals surface area contributed by atoms with Crippen LogP contribution in [0.4, 0.5) is 11.4 Å². The van der Waals surface area contributed by atoms with Gasteiger partial charge in [-0.25, -0.2) is 8.42 Å². The van der Waals surface area contributed by atoms with Gasteiger partial charge in [-0.3, -0.25) is 19.2 Å². The van der Waals surface area contributed by atoms with E-state index in [0.29, 0.717) is 5.75 Å². The maximum absolute atomic E-state index is 12.6. The number of non-ortho nitro benzene ring substituents is 1. The van der Waals surface area contributed by atoms with Crippen LogP contribution in [-0.4, -0.2) is 46.3 Å². The van der Waals surface area contributed by atoms with E-state index in [1.807, 2.05) is 0 Å². The number of benzene rings is 2. The number of nitro groups is 1. The third-order valence-corrected chi connectivity index (χ3v) is 5.45. The number of methoxy groups -OCH3 is 2. The average molecular weight is 437 g/mol. The molecule has 0 aromatic heterocycles. The van der Waals surface area contributed by atoms with Crippen LogP contribution >= 0.6 is 0 Å². The van der Waals surface area contributed by atoms with Crippen molar-refractivity contribution in [2.75, 3.05) is 31.3 Å². The van der Waals surface area contributed by atoms with Crippen LogP contribution in [0.2, 0.25) is 0 Å². The third-order valence-electron chi connectivity index (χ3n) is 4.32. The first-order valence-electron chi connectivity index (χ1n) is 8.80. The van der Waals surface area contributed by atoms with Crippen LogP contribution in [-0.2, 0) is 14.8 Å². The van der Waals surface area contributed by atoms with E-state index in [9.17, 15) is 23.3 Å². The molecule has 2 rings (SSSR count). The lowest BCUT2D eigenvalue weighted by atomic mass is 10.1. The Kier molecular flexibility index (Phi) is 7.22. The Labute approximate surface area is 174 Å². The molecule has 0 heterocycles. The molecular formula is C19H23N3O7S. The van der Waals surface area contributed by atoms with Gasteiger partial charge in [0.05, 0.1) is 31.4 Å². The molecule has 0 fully saturated rings. The summed E-state index contributed by atoms with van der Waals surface area (Å²) in [5, 5.41) is 13.8. The minimum atomic E-state index is -3.94. The van der Waals surface area contributed by atoms with Gasteiger partial charge in [0.15, 0.2) is 0 Å². The summed E-state index contributed by atoms with van der Waals surface area (Å²) in [5.41, 5.74) is 0.371. The van der Waals surface area contributed by atoms with Gasteiger partial charge in [0.1, 0.15) is 23.7 Å². The first-order chi connectivity index (χ1) is 14.1. The number of nitro benzene ring substituents is 1. The number of rotatable bonds is 9. The molecule has 10 nitrogen and oxygen atoms in total. The molecule has 0 radical (unpaired) electrons. The van der Waals surface area contributed by atoms with Crippen molar-refractivity contribution < 1.29 is 27.6 Å². The van der Waals surface area contributed by atoms with E-state index >= 15 is 0 Å². The van der Waals surface area contributed by atoms with Crippen LogP contribution in [0.15, 0.2) is 42.5 Å². The first kappa shape index (κ1) is 22.9. The molecular weight excluding hydrogens is 414 g/mol. The van der Waals surface area contributed by atoms with Crippen molar-refractivity contribution in [3.63, 3.8) is 0 Å². The molecule has 162 valence electrons. The Morgan fingerprint density at radius 3 is 2.30 bits per heavy atom. The van der Waals surface area contributed by atoms with E-state index in [-0.39, 0.29) is 17.1 Å². The van der Waals surface area contributed by atoms with Crippen molar-refractivity contribution in [2.45, 2.75) is 13.0 Å². The lowest BCUT2D eigenvalue weighted by molar-refractivity contribution is -0.384. The highest BCUT2D eigenvalue weighted by molar-refractivity contribution is 7.92. The third kappa shape index (κ3) is 5.60. The highest BCUT2D eigenvalue weighted by atomic mass is 32.2. The lowest BCUT2D eigenvalue weighted by Gasteiger charge is -2.24. The zero-order valence-electron chi connectivity index (χ0n) is 17.0. The SMILES string of the molecule is COc1ccc([C@@H](C)NC(=O)CN(c2cc([N+](=O)[O-])ccc2OC)S(C)(=O)=O)cc1. The zero-order valence-corrected chi connectivity index (χ0v) is 17.8. The average Bonchev–Trinajstić information content (AvgIpc) is 2.70. The van der Waals surface area contributed by atoms with Crippen LogP contribution in [0.25, 0.3) is 0 Å². The molecule has 0 unspecified atom stereocenters. The molecule has 1 N–H and O–H groups in total. The number of hydrogen-bond acceptors (Lipinski definition) is 7. The van der Waals surface area contributed by atoms with E-state index in [1.54, 1.807) is 38.3 Å². The standard InChI is InChI=1S/C19H23N3O7S/c1-13(14-5-8-16(28-2)9-6-14)20-19(23)12-21(30(4,26)27)17-11-15(22(24)25)7-10-18(17)29-3/h5-11,13H,12H2,1-4H3,(H,20,23)/t13-/m1/s1. The molecule has 0 saturated carbocycles. The number of carbonyl (C=O) groups is 1. The van der Waals surface area contributed by atoms with Crippen LogP contribution < -0.4 is 19.1 Å². The highest BCUT2D eigenvalue weighted by Crippen LogP contribution is 2.33.